The number of Topliss-reactive ketones (excluding diaryl/α,β-unsaturated/α-hetero) is 1. The molecule has 1 saturated heterocycles. The van der Waals surface area contributed by atoms with Crippen molar-refractivity contribution in [3.05, 3.63) is 48.0 Å². The first-order valence-corrected chi connectivity index (χ1v) is 7.31. The van der Waals surface area contributed by atoms with Crippen LogP contribution in [0.25, 0.3) is 21.9 Å². The Morgan fingerprint density at radius 2 is 1.90 bits per heavy atom. The topological polar surface area (TPSA) is 39.4 Å². The third-order valence-corrected chi connectivity index (χ3v) is 4.31. The lowest BCUT2D eigenvalue weighted by atomic mass is 9.95. The molecule has 0 amide bonds. The average Bonchev–Trinajstić information content (AvgIpc) is 3.09. The summed E-state index contributed by atoms with van der Waals surface area (Å²) in [4.78, 5) is 12.6. The van der Waals surface area contributed by atoms with Gasteiger partial charge in [0.1, 0.15) is 17.3 Å². The molecular weight excluding hydrogens is 264 g/mol. The molecule has 3 nitrogen and oxygen atoms in total. The van der Waals surface area contributed by atoms with Gasteiger partial charge in [-0.25, -0.2) is 0 Å². The molecule has 3 aromatic rings. The number of benzene rings is 2. The molecule has 4 rings (SSSR count). The van der Waals surface area contributed by atoms with Gasteiger partial charge >= 0.3 is 0 Å². The lowest BCUT2D eigenvalue weighted by Crippen LogP contribution is -2.25. The Hall–Kier alpha value is -2.13. The summed E-state index contributed by atoms with van der Waals surface area (Å²) in [5.41, 5.74) is 2.36. The van der Waals surface area contributed by atoms with E-state index in [4.69, 9.17) is 9.15 Å². The number of ketones is 1. The first kappa shape index (κ1) is 12.6. The molecule has 0 saturated carbocycles. The zero-order valence-corrected chi connectivity index (χ0v) is 11.8. The van der Waals surface area contributed by atoms with Gasteiger partial charge in [0.2, 0.25) is 0 Å². The maximum absolute atomic E-state index is 12.6. The summed E-state index contributed by atoms with van der Waals surface area (Å²) in [6.07, 6.45) is 0.647. The first-order chi connectivity index (χ1) is 10.2. The summed E-state index contributed by atoms with van der Waals surface area (Å²) < 4.78 is 11.4. The summed E-state index contributed by atoms with van der Waals surface area (Å²) in [5, 5.41) is 2.03. The maximum Gasteiger partial charge on any atom is 0.191 e. The minimum absolute atomic E-state index is 0.0761. The molecule has 21 heavy (non-hydrogen) atoms. The van der Waals surface area contributed by atoms with Crippen molar-refractivity contribution in [1.82, 2.24) is 0 Å². The van der Waals surface area contributed by atoms with Gasteiger partial charge in [0.15, 0.2) is 5.78 Å². The molecule has 2 aromatic carbocycles. The number of ether oxygens (including phenoxy) is 1. The fourth-order valence-corrected chi connectivity index (χ4v) is 3.07. The second-order valence-electron chi connectivity index (χ2n) is 5.73. The molecule has 2 unspecified atom stereocenters. The van der Waals surface area contributed by atoms with Crippen molar-refractivity contribution in [3.63, 3.8) is 0 Å². The summed E-state index contributed by atoms with van der Waals surface area (Å²) in [5.74, 6) is 0.362. The molecule has 0 spiro atoms. The summed E-state index contributed by atoms with van der Waals surface area (Å²) in [6, 6.07) is 13.5. The Morgan fingerprint density at radius 3 is 2.71 bits per heavy atom. The summed E-state index contributed by atoms with van der Waals surface area (Å²) >= 11 is 0. The Balaban J connectivity index is 1.82. The predicted octanol–water partition coefficient (Wildman–Crippen LogP) is 4.19. The normalized spacial score (nSPS) is 22.1. The van der Waals surface area contributed by atoms with Crippen LogP contribution in [-0.2, 0) is 4.74 Å². The van der Waals surface area contributed by atoms with E-state index in [1.807, 2.05) is 42.5 Å². The number of rotatable bonds is 2. The third-order valence-electron chi connectivity index (χ3n) is 4.31. The van der Waals surface area contributed by atoms with Crippen molar-refractivity contribution in [3.8, 4) is 0 Å². The molecule has 2 heterocycles. The smallest absolute Gasteiger partial charge is 0.191 e. The van der Waals surface area contributed by atoms with Crippen LogP contribution < -0.4 is 0 Å². The van der Waals surface area contributed by atoms with Crippen LogP contribution in [0, 0.1) is 5.92 Å². The van der Waals surface area contributed by atoms with Crippen LogP contribution in [-0.4, -0.2) is 18.5 Å². The fraction of sp³-hybridized carbons (Fsp3) is 0.278. The van der Waals surface area contributed by atoms with Crippen LogP contribution in [0.5, 0.6) is 0 Å². The zero-order valence-electron chi connectivity index (χ0n) is 11.8. The number of fused-ring (bicyclic) bond motifs is 3. The van der Waals surface area contributed by atoms with Crippen LogP contribution in [0.15, 0.2) is 46.9 Å². The summed E-state index contributed by atoms with van der Waals surface area (Å²) in [6.45, 7) is 2.75. The standard InChI is InChI=1S/C18H16O3/c1-11-8-9-20-18(11)17(19)12-6-7-16-14(10-12)13-4-2-3-5-15(13)21-16/h2-7,10-11,18H,8-9H2,1H3. The number of furan rings is 1. The molecule has 1 aromatic heterocycles. The van der Waals surface area contributed by atoms with Crippen LogP contribution in [0.2, 0.25) is 0 Å². The van der Waals surface area contributed by atoms with E-state index in [1.165, 1.54) is 0 Å². The van der Waals surface area contributed by atoms with Gasteiger partial charge in [0, 0.05) is 22.9 Å². The molecule has 0 N–H and O–H groups in total. The minimum Gasteiger partial charge on any atom is -0.456 e. The molecule has 0 aliphatic carbocycles. The highest BCUT2D eigenvalue weighted by Gasteiger charge is 2.31. The Bertz CT molecular complexity index is 831. The first-order valence-electron chi connectivity index (χ1n) is 7.31. The van der Waals surface area contributed by atoms with Crippen molar-refractivity contribution in [1.29, 1.82) is 0 Å². The largest absolute Gasteiger partial charge is 0.456 e. The second-order valence-corrected chi connectivity index (χ2v) is 5.73. The van der Waals surface area contributed by atoms with Crippen molar-refractivity contribution in [2.45, 2.75) is 19.4 Å². The Labute approximate surface area is 122 Å². The van der Waals surface area contributed by atoms with Gasteiger partial charge in [-0.1, -0.05) is 25.1 Å². The van der Waals surface area contributed by atoms with Gasteiger partial charge in [-0.3, -0.25) is 4.79 Å². The van der Waals surface area contributed by atoms with Crippen molar-refractivity contribution < 1.29 is 13.9 Å². The molecule has 1 aliphatic heterocycles. The van der Waals surface area contributed by atoms with E-state index in [0.717, 1.165) is 28.4 Å². The summed E-state index contributed by atoms with van der Waals surface area (Å²) in [7, 11) is 0. The monoisotopic (exact) mass is 280 g/mol. The Kier molecular flexibility index (Phi) is 2.82. The number of para-hydroxylation sites is 1. The van der Waals surface area contributed by atoms with Gasteiger partial charge < -0.3 is 9.15 Å². The molecule has 0 bridgehead atoms. The second kappa shape index (κ2) is 4.71. The van der Waals surface area contributed by atoms with E-state index in [1.54, 1.807) is 0 Å². The highest BCUT2D eigenvalue weighted by molar-refractivity contribution is 6.09. The van der Waals surface area contributed by atoms with Crippen molar-refractivity contribution in [2.24, 2.45) is 5.92 Å². The van der Waals surface area contributed by atoms with Crippen molar-refractivity contribution in [2.75, 3.05) is 6.61 Å². The lowest BCUT2D eigenvalue weighted by molar-refractivity contribution is 0.0579. The van der Waals surface area contributed by atoms with E-state index in [2.05, 4.69) is 6.92 Å². The lowest BCUT2D eigenvalue weighted by Gasteiger charge is -2.13. The van der Waals surface area contributed by atoms with Crippen LogP contribution in [0.3, 0.4) is 0 Å². The number of carbonyl (C=O) groups excluding carboxylic acids is 1. The number of hydrogen-bond acceptors (Lipinski definition) is 3. The van der Waals surface area contributed by atoms with E-state index >= 15 is 0 Å². The van der Waals surface area contributed by atoms with E-state index < -0.39 is 0 Å². The number of hydrogen-bond donors (Lipinski definition) is 0. The number of carbonyl (C=O) groups is 1. The van der Waals surface area contributed by atoms with Gasteiger partial charge in [0.25, 0.3) is 0 Å². The molecule has 106 valence electrons. The highest BCUT2D eigenvalue weighted by atomic mass is 16.5. The minimum atomic E-state index is -0.305. The molecular formula is C18H16O3. The molecule has 3 heteroatoms. The van der Waals surface area contributed by atoms with Gasteiger partial charge in [-0.2, -0.15) is 0 Å². The predicted molar refractivity (Wildman–Crippen MR) is 81.6 cm³/mol. The molecule has 1 fully saturated rings. The van der Waals surface area contributed by atoms with Gasteiger partial charge in [0.05, 0.1) is 0 Å². The quantitative estimate of drug-likeness (QED) is 0.661. The van der Waals surface area contributed by atoms with E-state index in [0.29, 0.717) is 12.2 Å². The third kappa shape index (κ3) is 1.96. The highest BCUT2D eigenvalue weighted by Crippen LogP contribution is 2.30. The fourth-order valence-electron chi connectivity index (χ4n) is 3.07. The molecule has 0 radical (unpaired) electrons. The average molecular weight is 280 g/mol. The van der Waals surface area contributed by atoms with Crippen molar-refractivity contribution >= 4 is 27.7 Å². The Morgan fingerprint density at radius 1 is 1.10 bits per heavy atom. The zero-order chi connectivity index (χ0) is 14.4. The van der Waals surface area contributed by atoms with Crippen LogP contribution >= 0.6 is 0 Å². The van der Waals surface area contributed by atoms with E-state index in [-0.39, 0.29) is 17.8 Å². The van der Waals surface area contributed by atoms with Gasteiger partial charge in [-0.15, -0.1) is 0 Å². The van der Waals surface area contributed by atoms with Crippen LogP contribution in [0.4, 0.5) is 0 Å². The molecule has 1 aliphatic rings. The molecule has 2 atom stereocenters. The van der Waals surface area contributed by atoms with Gasteiger partial charge in [-0.05, 0) is 36.6 Å². The van der Waals surface area contributed by atoms with E-state index in [9.17, 15) is 4.79 Å². The van der Waals surface area contributed by atoms with Crippen LogP contribution in [0.1, 0.15) is 23.7 Å². The SMILES string of the molecule is CC1CCOC1C(=O)c1ccc2oc3ccccc3c2c1. The maximum atomic E-state index is 12.6.